The van der Waals surface area contributed by atoms with Crippen molar-refractivity contribution in [3.05, 3.63) is 33.8 Å². The first-order chi connectivity index (χ1) is 10.0. The number of fused-ring (bicyclic) bond motifs is 1. The molecule has 1 amide bonds. The number of aliphatic carboxylic acids is 1. The maximum absolute atomic E-state index is 12.4. The van der Waals surface area contributed by atoms with E-state index in [-0.39, 0.29) is 13.0 Å². The molecule has 1 aromatic rings. The van der Waals surface area contributed by atoms with E-state index in [1.807, 2.05) is 18.2 Å². The smallest absolute Gasteiger partial charge is 0.411 e. The quantitative estimate of drug-likeness (QED) is 0.821. The fourth-order valence-corrected chi connectivity index (χ4v) is 2.91. The van der Waals surface area contributed by atoms with Crippen LogP contribution in [0.25, 0.3) is 0 Å². The Bertz CT molecular complexity index is 623. The third-order valence-electron chi connectivity index (χ3n) is 3.70. The third kappa shape index (κ3) is 3.27. The molecule has 0 radical (unpaired) electrons. The first-order valence-corrected chi connectivity index (χ1v) is 7.83. The zero-order valence-electron chi connectivity index (χ0n) is 13.1. The zero-order chi connectivity index (χ0) is 16.7. The van der Waals surface area contributed by atoms with Crippen LogP contribution in [0, 0.1) is 0 Å². The number of nitrogens with zero attached hydrogens (tertiary/aromatic N) is 1. The highest BCUT2D eigenvalue weighted by atomic mass is 79.9. The largest absolute Gasteiger partial charge is 0.479 e. The minimum Gasteiger partial charge on any atom is -0.479 e. The molecule has 0 fully saturated rings. The Balaban J connectivity index is 2.41. The number of halogens is 1. The van der Waals surface area contributed by atoms with Gasteiger partial charge >= 0.3 is 12.1 Å². The van der Waals surface area contributed by atoms with Crippen LogP contribution in [0.5, 0.6) is 0 Å². The maximum Gasteiger partial charge on any atom is 0.411 e. The Kier molecular flexibility index (Phi) is 4.26. The van der Waals surface area contributed by atoms with E-state index >= 15 is 0 Å². The lowest BCUT2D eigenvalue weighted by molar-refractivity contribution is -0.151. The average Bonchev–Trinajstić information content (AvgIpc) is 2.35. The summed E-state index contributed by atoms with van der Waals surface area (Å²) < 4.78 is 6.27. The van der Waals surface area contributed by atoms with Crippen LogP contribution in [0.2, 0.25) is 0 Å². The number of rotatable bonds is 1. The van der Waals surface area contributed by atoms with E-state index in [2.05, 4.69) is 15.9 Å². The molecule has 2 rings (SSSR count). The molecule has 0 saturated carbocycles. The molecule has 0 spiro atoms. The van der Waals surface area contributed by atoms with Gasteiger partial charge in [0.25, 0.3) is 0 Å². The lowest BCUT2D eigenvalue weighted by Crippen LogP contribution is -2.59. The second kappa shape index (κ2) is 5.57. The first-order valence-electron chi connectivity index (χ1n) is 7.04. The van der Waals surface area contributed by atoms with Crippen molar-refractivity contribution < 1.29 is 19.4 Å². The molecule has 0 aliphatic carbocycles. The second-order valence-electron chi connectivity index (χ2n) is 6.74. The molecule has 1 atom stereocenters. The van der Waals surface area contributed by atoms with Crippen molar-refractivity contribution in [2.75, 3.05) is 0 Å². The molecule has 1 heterocycles. The van der Waals surface area contributed by atoms with Gasteiger partial charge in [0.15, 0.2) is 0 Å². The molecule has 0 saturated heterocycles. The predicted molar refractivity (Wildman–Crippen MR) is 85.7 cm³/mol. The van der Waals surface area contributed by atoms with E-state index in [1.54, 1.807) is 27.7 Å². The minimum absolute atomic E-state index is 0.223. The Morgan fingerprint density at radius 3 is 2.50 bits per heavy atom. The summed E-state index contributed by atoms with van der Waals surface area (Å²) in [5.74, 6) is -1.04. The Morgan fingerprint density at radius 2 is 1.95 bits per heavy atom. The standard InChI is InChI=1S/C16H20BrNO4/c1-15(2,3)22-14(21)18-9-10-5-6-12(17)7-11(10)8-16(18,4)13(19)20/h5-7H,8-9H2,1-4H3,(H,19,20)/t16-/m1/s1. The van der Waals surface area contributed by atoms with Crippen LogP contribution in [0.1, 0.15) is 38.8 Å². The van der Waals surface area contributed by atoms with Gasteiger partial charge in [-0.1, -0.05) is 22.0 Å². The number of benzene rings is 1. The van der Waals surface area contributed by atoms with E-state index in [1.165, 1.54) is 4.90 Å². The average molecular weight is 370 g/mol. The van der Waals surface area contributed by atoms with E-state index in [4.69, 9.17) is 4.74 Å². The van der Waals surface area contributed by atoms with Crippen LogP contribution in [0.4, 0.5) is 4.79 Å². The second-order valence-corrected chi connectivity index (χ2v) is 7.65. The molecule has 0 bridgehead atoms. The van der Waals surface area contributed by atoms with Gasteiger partial charge < -0.3 is 9.84 Å². The lowest BCUT2D eigenvalue weighted by Gasteiger charge is -2.42. The topological polar surface area (TPSA) is 66.8 Å². The first kappa shape index (κ1) is 16.8. The van der Waals surface area contributed by atoms with Gasteiger partial charge in [-0.3, -0.25) is 4.90 Å². The van der Waals surface area contributed by atoms with E-state index < -0.39 is 23.2 Å². The molecule has 1 aliphatic rings. The third-order valence-corrected chi connectivity index (χ3v) is 4.20. The SMILES string of the molecule is CC(C)(C)OC(=O)N1Cc2ccc(Br)cc2C[C@]1(C)C(=O)O. The highest BCUT2D eigenvalue weighted by Gasteiger charge is 2.47. The highest BCUT2D eigenvalue weighted by Crippen LogP contribution is 2.34. The molecule has 0 unspecified atom stereocenters. The summed E-state index contributed by atoms with van der Waals surface area (Å²) in [5, 5.41) is 9.65. The van der Waals surface area contributed by atoms with E-state index in [9.17, 15) is 14.7 Å². The number of carbonyl (C=O) groups excluding carboxylic acids is 1. The minimum atomic E-state index is -1.32. The molecule has 0 aromatic heterocycles. The van der Waals surface area contributed by atoms with Gasteiger partial charge in [0.2, 0.25) is 0 Å². The van der Waals surface area contributed by atoms with Gasteiger partial charge in [-0.2, -0.15) is 0 Å². The highest BCUT2D eigenvalue weighted by molar-refractivity contribution is 9.10. The summed E-state index contributed by atoms with van der Waals surface area (Å²) in [6.07, 6.45) is -0.359. The van der Waals surface area contributed by atoms with Crippen molar-refractivity contribution in [2.24, 2.45) is 0 Å². The van der Waals surface area contributed by atoms with Crippen LogP contribution in [-0.4, -0.2) is 33.2 Å². The summed E-state index contributed by atoms with van der Waals surface area (Å²) in [6, 6.07) is 5.69. The summed E-state index contributed by atoms with van der Waals surface area (Å²) in [7, 11) is 0. The predicted octanol–water partition coefficient (Wildman–Crippen LogP) is 3.59. The Labute approximate surface area is 138 Å². The van der Waals surface area contributed by atoms with Gasteiger partial charge in [-0.25, -0.2) is 9.59 Å². The lowest BCUT2D eigenvalue weighted by atomic mass is 9.84. The van der Waals surface area contributed by atoms with Crippen molar-refractivity contribution in [2.45, 2.75) is 51.8 Å². The molecule has 1 N–H and O–H groups in total. The Hall–Kier alpha value is -1.56. The number of hydrogen-bond acceptors (Lipinski definition) is 3. The van der Waals surface area contributed by atoms with Crippen molar-refractivity contribution in [1.29, 1.82) is 0 Å². The number of carbonyl (C=O) groups is 2. The fourth-order valence-electron chi connectivity index (χ4n) is 2.50. The fraction of sp³-hybridized carbons (Fsp3) is 0.500. The van der Waals surface area contributed by atoms with Gasteiger partial charge in [-0.05, 0) is 51.0 Å². The zero-order valence-corrected chi connectivity index (χ0v) is 14.7. The monoisotopic (exact) mass is 369 g/mol. The molecule has 1 aliphatic heterocycles. The van der Waals surface area contributed by atoms with Gasteiger partial charge in [0.1, 0.15) is 11.1 Å². The molecule has 120 valence electrons. The molecule has 5 nitrogen and oxygen atoms in total. The summed E-state index contributed by atoms with van der Waals surface area (Å²) in [4.78, 5) is 25.5. The number of hydrogen-bond donors (Lipinski definition) is 1. The number of amides is 1. The van der Waals surface area contributed by atoms with Crippen LogP contribution in [0.15, 0.2) is 22.7 Å². The maximum atomic E-state index is 12.4. The summed E-state index contributed by atoms with van der Waals surface area (Å²) >= 11 is 3.40. The van der Waals surface area contributed by atoms with Crippen LogP contribution < -0.4 is 0 Å². The molecule has 1 aromatic carbocycles. The summed E-state index contributed by atoms with van der Waals surface area (Å²) in [5.41, 5.74) is -0.126. The Morgan fingerprint density at radius 1 is 1.32 bits per heavy atom. The normalized spacial score (nSPS) is 21.2. The molecular weight excluding hydrogens is 350 g/mol. The van der Waals surface area contributed by atoms with Crippen LogP contribution >= 0.6 is 15.9 Å². The van der Waals surface area contributed by atoms with Crippen LogP contribution in [0.3, 0.4) is 0 Å². The van der Waals surface area contributed by atoms with Crippen molar-refractivity contribution in [3.8, 4) is 0 Å². The molecule has 22 heavy (non-hydrogen) atoms. The molecule has 6 heteroatoms. The number of ether oxygens (including phenoxy) is 1. The number of carboxylic acids is 1. The van der Waals surface area contributed by atoms with E-state index in [0.717, 1.165) is 15.6 Å². The van der Waals surface area contributed by atoms with Gasteiger partial charge in [0, 0.05) is 10.9 Å². The van der Waals surface area contributed by atoms with Crippen molar-refractivity contribution in [1.82, 2.24) is 4.90 Å². The van der Waals surface area contributed by atoms with Gasteiger partial charge in [0.05, 0.1) is 6.54 Å². The van der Waals surface area contributed by atoms with E-state index in [0.29, 0.717) is 0 Å². The van der Waals surface area contributed by atoms with Crippen molar-refractivity contribution >= 4 is 28.0 Å². The van der Waals surface area contributed by atoms with Crippen molar-refractivity contribution in [3.63, 3.8) is 0 Å². The number of carboxylic acid groups (broad SMARTS) is 1. The van der Waals surface area contributed by atoms with Gasteiger partial charge in [-0.15, -0.1) is 0 Å². The molecular formula is C16H20BrNO4. The summed E-state index contributed by atoms with van der Waals surface area (Å²) in [6.45, 7) is 7.07. The van der Waals surface area contributed by atoms with Crippen LogP contribution in [-0.2, 0) is 22.5 Å².